The maximum atomic E-state index is 12.9. The van der Waals surface area contributed by atoms with Crippen LogP contribution >= 0.6 is 11.8 Å². The summed E-state index contributed by atoms with van der Waals surface area (Å²) in [6.07, 6.45) is 2.23. The number of halogens is 2. The van der Waals surface area contributed by atoms with Gasteiger partial charge in [0.1, 0.15) is 0 Å². The molecule has 0 aromatic heterocycles. The zero-order valence-corrected chi connectivity index (χ0v) is 11.1. The second-order valence-electron chi connectivity index (χ2n) is 3.89. The Balaban J connectivity index is 2.28. The number of hydrogen-bond donors (Lipinski definition) is 1. The van der Waals surface area contributed by atoms with E-state index in [4.69, 9.17) is 0 Å². The second kappa shape index (κ2) is 7.67. The van der Waals surface area contributed by atoms with Crippen molar-refractivity contribution in [3.05, 3.63) is 29.8 Å². The Morgan fingerprint density at radius 3 is 2.47 bits per heavy atom. The molecule has 0 unspecified atom stereocenters. The van der Waals surface area contributed by atoms with Gasteiger partial charge in [-0.1, -0.05) is 13.8 Å². The van der Waals surface area contributed by atoms with E-state index in [2.05, 4.69) is 19.2 Å². The van der Waals surface area contributed by atoms with Crippen LogP contribution in [0, 0.1) is 11.6 Å². The van der Waals surface area contributed by atoms with Crippen LogP contribution in [0.3, 0.4) is 0 Å². The smallest absolute Gasteiger partial charge is 0.159 e. The van der Waals surface area contributed by atoms with E-state index in [0.717, 1.165) is 30.0 Å². The molecule has 0 spiro atoms. The maximum absolute atomic E-state index is 12.9. The van der Waals surface area contributed by atoms with Crippen molar-refractivity contribution in [3.8, 4) is 0 Å². The normalized spacial score (nSPS) is 11.1. The Hall–Kier alpha value is -0.610. The van der Waals surface area contributed by atoms with E-state index in [9.17, 15) is 8.78 Å². The van der Waals surface area contributed by atoms with Crippen molar-refractivity contribution >= 4 is 11.8 Å². The molecule has 0 radical (unpaired) electrons. The topological polar surface area (TPSA) is 12.0 Å². The predicted octanol–water partition coefficient (Wildman–Crippen LogP) is 3.84. The molecule has 0 amide bonds. The van der Waals surface area contributed by atoms with Crippen LogP contribution in [-0.4, -0.2) is 18.3 Å². The van der Waals surface area contributed by atoms with Crippen LogP contribution < -0.4 is 5.32 Å². The summed E-state index contributed by atoms with van der Waals surface area (Å²) in [6, 6.07) is 4.59. The van der Waals surface area contributed by atoms with Crippen molar-refractivity contribution in [1.82, 2.24) is 5.32 Å². The molecular formula is C13H19F2NS. The molecule has 0 saturated carbocycles. The molecule has 1 rings (SSSR count). The van der Waals surface area contributed by atoms with Crippen molar-refractivity contribution in [2.45, 2.75) is 37.6 Å². The van der Waals surface area contributed by atoms with Crippen molar-refractivity contribution in [2.75, 3.05) is 12.3 Å². The first-order chi connectivity index (χ1) is 8.17. The van der Waals surface area contributed by atoms with Gasteiger partial charge in [0.05, 0.1) is 0 Å². The molecular weight excluding hydrogens is 240 g/mol. The molecule has 0 aliphatic heterocycles. The highest BCUT2D eigenvalue weighted by Crippen LogP contribution is 2.19. The van der Waals surface area contributed by atoms with Gasteiger partial charge in [-0.15, -0.1) is 11.8 Å². The van der Waals surface area contributed by atoms with Crippen molar-refractivity contribution in [3.63, 3.8) is 0 Å². The lowest BCUT2D eigenvalue weighted by Gasteiger charge is -2.14. The number of rotatable bonds is 7. The Labute approximate surface area is 106 Å². The summed E-state index contributed by atoms with van der Waals surface area (Å²) in [7, 11) is 0. The summed E-state index contributed by atoms with van der Waals surface area (Å²) in [4.78, 5) is 0.773. The zero-order chi connectivity index (χ0) is 12.7. The Bertz CT molecular complexity index is 340. The zero-order valence-electron chi connectivity index (χ0n) is 10.3. The molecule has 0 aliphatic rings. The lowest BCUT2D eigenvalue weighted by molar-refractivity contribution is 0.501. The van der Waals surface area contributed by atoms with Crippen molar-refractivity contribution in [1.29, 1.82) is 0 Å². The van der Waals surface area contributed by atoms with Crippen LogP contribution in [0.2, 0.25) is 0 Å². The predicted molar refractivity (Wildman–Crippen MR) is 69.5 cm³/mol. The quantitative estimate of drug-likeness (QED) is 0.590. The average molecular weight is 259 g/mol. The molecule has 17 heavy (non-hydrogen) atoms. The SMILES string of the molecule is CCC(CC)NCCSc1ccc(F)c(F)c1. The van der Waals surface area contributed by atoms with Crippen LogP contribution in [0.1, 0.15) is 26.7 Å². The van der Waals surface area contributed by atoms with E-state index in [0.29, 0.717) is 6.04 Å². The molecule has 1 nitrogen and oxygen atoms in total. The first-order valence-corrected chi connectivity index (χ1v) is 6.97. The van der Waals surface area contributed by atoms with Gasteiger partial charge in [-0.25, -0.2) is 8.78 Å². The summed E-state index contributed by atoms with van der Waals surface area (Å²) in [6.45, 7) is 5.20. The summed E-state index contributed by atoms with van der Waals surface area (Å²) >= 11 is 1.54. The van der Waals surface area contributed by atoms with Gasteiger partial charge in [-0.05, 0) is 31.0 Å². The van der Waals surface area contributed by atoms with Gasteiger partial charge in [-0.2, -0.15) is 0 Å². The molecule has 96 valence electrons. The minimum absolute atomic E-state index is 0.556. The molecule has 0 aliphatic carbocycles. The fraction of sp³-hybridized carbons (Fsp3) is 0.538. The molecule has 1 N–H and O–H groups in total. The lowest BCUT2D eigenvalue weighted by Crippen LogP contribution is -2.29. The highest BCUT2D eigenvalue weighted by molar-refractivity contribution is 7.99. The van der Waals surface area contributed by atoms with Crippen LogP contribution in [0.15, 0.2) is 23.1 Å². The molecule has 0 atom stereocenters. The summed E-state index contributed by atoms with van der Waals surface area (Å²) in [5.74, 6) is -0.700. The minimum Gasteiger partial charge on any atom is -0.313 e. The van der Waals surface area contributed by atoms with E-state index in [1.54, 1.807) is 6.07 Å². The molecule has 0 fully saturated rings. The number of thioether (sulfide) groups is 1. The van der Waals surface area contributed by atoms with Gasteiger partial charge in [0.25, 0.3) is 0 Å². The first kappa shape index (κ1) is 14.5. The fourth-order valence-electron chi connectivity index (χ4n) is 1.58. The summed E-state index contributed by atoms with van der Waals surface area (Å²) in [5, 5.41) is 3.43. The van der Waals surface area contributed by atoms with Crippen LogP contribution in [0.4, 0.5) is 8.78 Å². The second-order valence-corrected chi connectivity index (χ2v) is 5.06. The number of benzene rings is 1. The minimum atomic E-state index is -0.787. The third kappa shape index (κ3) is 5.04. The molecule has 0 saturated heterocycles. The highest BCUT2D eigenvalue weighted by atomic mass is 32.2. The van der Waals surface area contributed by atoms with Gasteiger partial charge < -0.3 is 5.32 Å². The Morgan fingerprint density at radius 2 is 1.88 bits per heavy atom. The average Bonchev–Trinajstić information content (AvgIpc) is 2.34. The Morgan fingerprint density at radius 1 is 1.18 bits per heavy atom. The van der Waals surface area contributed by atoms with E-state index >= 15 is 0 Å². The molecule has 0 bridgehead atoms. The molecule has 1 aromatic rings. The number of nitrogens with one attached hydrogen (secondary N) is 1. The fourth-order valence-corrected chi connectivity index (χ4v) is 2.38. The van der Waals surface area contributed by atoms with Gasteiger partial charge >= 0.3 is 0 Å². The van der Waals surface area contributed by atoms with E-state index in [1.807, 2.05) is 0 Å². The van der Waals surface area contributed by atoms with Gasteiger partial charge in [0, 0.05) is 23.2 Å². The van der Waals surface area contributed by atoms with Gasteiger partial charge in [0.15, 0.2) is 11.6 Å². The van der Waals surface area contributed by atoms with E-state index in [1.165, 1.54) is 23.9 Å². The van der Waals surface area contributed by atoms with Crippen molar-refractivity contribution < 1.29 is 8.78 Å². The largest absolute Gasteiger partial charge is 0.313 e. The lowest BCUT2D eigenvalue weighted by atomic mass is 10.2. The molecule has 4 heteroatoms. The monoisotopic (exact) mass is 259 g/mol. The standard InChI is InChI=1S/C13H19F2NS/c1-3-10(4-2)16-7-8-17-11-5-6-12(14)13(15)9-11/h5-6,9-10,16H,3-4,7-8H2,1-2H3. The first-order valence-electron chi connectivity index (χ1n) is 5.98. The van der Waals surface area contributed by atoms with E-state index in [-0.39, 0.29) is 0 Å². The maximum Gasteiger partial charge on any atom is 0.159 e. The van der Waals surface area contributed by atoms with Crippen LogP contribution in [0.5, 0.6) is 0 Å². The van der Waals surface area contributed by atoms with Gasteiger partial charge in [-0.3, -0.25) is 0 Å². The van der Waals surface area contributed by atoms with Crippen molar-refractivity contribution in [2.24, 2.45) is 0 Å². The van der Waals surface area contributed by atoms with E-state index < -0.39 is 11.6 Å². The molecule has 1 aromatic carbocycles. The third-order valence-corrected chi connectivity index (χ3v) is 3.68. The third-order valence-electron chi connectivity index (χ3n) is 2.68. The Kier molecular flexibility index (Phi) is 6.52. The highest BCUT2D eigenvalue weighted by Gasteiger charge is 2.04. The van der Waals surface area contributed by atoms with Crippen LogP contribution in [-0.2, 0) is 0 Å². The summed E-state index contributed by atoms with van der Waals surface area (Å²) < 4.78 is 25.6. The number of hydrogen-bond acceptors (Lipinski definition) is 2. The van der Waals surface area contributed by atoms with Crippen LogP contribution in [0.25, 0.3) is 0 Å². The van der Waals surface area contributed by atoms with Gasteiger partial charge in [0.2, 0.25) is 0 Å². The summed E-state index contributed by atoms with van der Waals surface area (Å²) in [5.41, 5.74) is 0. The molecule has 0 heterocycles.